The van der Waals surface area contributed by atoms with Crippen molar-refractivity contribution >= 4 is 33.3 Å². The molecule has 4 N–H and O–H groups in total. The summed E-state index contributed by atoms with van der Waals surface area (Å²) in [7, 11) is 0. The first-order valence-electron chi connectivity index (χ1n) is 6.24. The van der Waals surface area contributed by atoms with Crippen LogP contribution < -0.4 is 16.4 Å². The predicted molar refractivity (Wildman–Crippen MR) is 85.8 cm³/mol. The van der Waals surface area contributed by atoms with E-state index in [9.17, 15) is 4.79 Å². The first kappa shape index (κ1) is 14.4. The molecule has 2 rings (SSSR count). The van der Waals surface area contributed by atoms with Crippen LogP contribution in [-0.4, -0.2) is 6.03 Å². The highest BCUT2D eigenvalue weighted by Crippen LogP contribution is 2.26. The van der Waals surface area contributed by atoms with Crippen molar-refractivity contribution in [1.82, 2.24) is 0 Å². The third kappa shape index (κ3) is 3.74. The van der Waals surface area contributed by atoms with Crippen LogP contribution in [0.4, 0.5) is 16.2 Å². The Hall–Kier alpha value is -2.01. The zero-order valence-corrected chi connectivity index (χ0v) is 12.6. The lowest BCUT2D eigenvalue weighted by molar-refractivity contribution is 0.259. The van der Waals surface area contributed by atoms with E-state index in [0.717, 1.165) is 10.2 Å². The fourth-order valence-electron chi connectivity index (χ4n) is 1.95. The highest BCUT2D eigenvalue weighted by molar-refractivity contribution is 9.10. The minimum Gasteiger partial charge on any atom is -0.378 e. The molecule has 0 saturated heterocycles. The Kier molecular flexibility index (Phi) is 4.63. The van der Waals surface area contributed by atoms with E-state index in [1.807, 2.05) is 30.3 Å². The monoisotopic (exact) mass is 333 g/mol. The molecule has 2 aromatic carbocycles. The van der Waals surface area contributed by atoms with Crippen molar-refractivity contribution in [2.45, 2.75) is 13.0 Å². The van der Waals surface area contributed by atoms with Crippen LogP contribution in [-0.2, 0) is 0 Å². The number of nitrogens with two attached hydrogens (primary N) is 1. The van der Waals surface area contributed by atoms with Crippen molar-refractivity contribution in [3.8, 4) is 0 Å². The van der Waals surface area contributed by atoms with Gasteiger partial charge >= 0.3 is 6.03 Å². The largest absolute Gasteiger partial charge is 0.378 e. The van der Waals surface area contributed by atoms with Gasteiger partial charge in [0.15, 0.2) is 0 Å². The third-order valence-corrected chi connectivity index (χ3v) is 3.63. The fourth-order valence-corrected chi connectivity index (χ4v) is 2.57. The summed E-state index contributed by atoms with van der Waals surface area (Å²) in [6.45, 7) is 2.09. The molecule has 0 heterocycles. The van der Waals surface area contributed by atoms with Crippen molar-refractivity contribution in [3.63, 3.8) is 0 Å². The number of anilines is 2. The zero-order chi connectivity index (χ0) is 14.5. The molecule has 1 unspecified atom stereocenters. The van der Waals surface area contributed by atoms with Crippen LogP contribution in [0.25, 0.3) is 0 Å². The quantitative estimate of drug-likeness (QED) is 0.788. The molecule has 0 aliphatic rings. The second-order valence-corrected chi connectivity index (χ2v) is 5.31. The number of rotatable bonds is 4. The molecule has 0 bridgehead atoms. The summed E-state index contributed by atoms with van der Waals surface area (Å²) < 4.78 is 1.08. The molecule has 4 nitrogen and oxygen atoms in total. The van der Waals surface area contributed by atoms with E-state index in [0.29, 0.717) is 5.69 Å². The van der Waals surface area contributed by atoms with Gasteiger partial charge in [-0.2, -0.15) is 0 Å². The van der Waals surface area contributed by atoms with Crippen LogP contribution in [0.2, 0.25) is 0 Å². The molecule has 0 radical (unpaired) electrons. The molecular formula is C15H16BrN3O. The standard InChI is InChI=1S/C15H16BrN3O/c1-10(13-4-2-3-5-14(13)16)18-11-6-8-12(9-7-11)19-15(17)20/h2-10,18H,1H3,(H3,17,19,20). The molecule has 104 valence electrons. The summed E-state index contributed by atoms with van der Waals surface area (Å²) in [4.78, 5) is 10.7. The number of carbonyl (C=O) groups is 1. The lowest BCUT2D eigenvalue weighted by atomic mass is 10.1. The Balaban J connectivity index is 2.06. The number of benzene rings is 2. The van der Waals surface area contributed by atoms with Crippen molar-refractivity contribution in [3.05, 3.63) is 58.6 Å². The Bertz CT molecular complexity index is 598. The van der Waals surface area contributed by atoms with Gasteiger partial charge < -0.3 is 16.4 Å². The van der Waals surface area contributed by atoms with Gasteiger partial charge in [0, 0.05) is 21.9 Å². The van der Waals surface area contributed by atoms with Gasteiger partial charge in [-0.15, -0.1) is 0 Å². The number of nitrogens with one attached hydrogen (secondary N) is 2. The van der Waals surface area contributed by atoms with Crippen LogP contribution in [0, 0.1) is 0 Å². The van der Waals surface area contributed by atoms with E-state index in [1.165, 1.54) is 5.56 Å². The van der Waals surface area contributed by atoms with E-state index in [1.54, 1.807) is 12.1 Å². The average Bonchev–Trinajstić information content (AvgIpc) is 2.41. The van der Waals surface area contributed by atoms with Crippen molar-refractivity contribution in [2.75, 3.05) is 10.6 Å². The highest BCUT2D eigenvalue weighted by atomic mass is 79.9. The minimum absolute atomic E-state index is 0.167. The maximum atomic E-state index is 10.7. The summed E-state index contributed by atoms with van der Waals surface area (Å²) in [5.74, 6) is 0. The van der Waals surface area contributed by atoms with Crippen molar-refractivity contribution in [1.29, 1.82) is 0 Å². The van der Waals surface area contributed by atoms with Gasteiger partial charge in [0.25, 0.3) is 0 Å². The van der Waals surface area contributed by atoms with E-state index in [2.05, 4.69) is 39.6 Å². The normalized spacial score (nSPS) is 11.7. The van der Waals surface area contributed by atoms with Crippen LogP contribution in [0.15, 0.2) is 53.0 Å². The number of primary amides is 1. The second kappa shape index (κ2) is 6.43. The van der Waals surface area contributed by atoms with Gasteiger partial charge in [0.1, 0.15) is 0 Å². The number of amides is 2. The molecule has 0 aliphatic carbocycles. The summed E-state index contributed by atoms with van der Waals surface area (Å²) in [6, 6.07) is 15.1. The molecule has 0 fully saturated rings. The lowest BCUT2D eigenvalue weighted by Gasteiger charge is -2.17. The SMILES string of the molecule is CC(Nc1ccc(NC(N)=O)cc1)c1ccccc1Br. The Morgan fingerprint density at radius 2 is 1.70 bits per heavy atom. The number of hydrogen-bond donors (Lipinski definition) is 3. The van der Waals surface area contributed by atoms with Gasteiger partial charge in [0.2, 0.25) is 0 Å². The summed E-state index contributed by atoms with van der Waals surface area (Å²) in [6.07, 6.45) is 0. The topological polar surface area (TPSA) is 67.2 Å². The molecule has 0 spiro atoms. The van der Waals surface area contributed by atoms with E-state index < -0.39 is 6.03 Å². The van der Waals surface area contributed by atoms with Crippen molar-refractivity contribution in [2.24, 2.45) is 5.73 Å². The van der Waals surface area contributed by atoms with Gasteiger partial charge in [-0.1, -0.05) is 34.1 Å². The third-order valence-electron chi connectivity index (χ3n) is 2.91. The molecule has 20 heavy (non-hydrogen) atoms. The average molecular weight is 334 g/mol. The number of carbonyl (C=O) groups excluding carboxylic acids is 1. The van der Waals surface area contributed by atoms with Crippen LogP contribution in [0.1, 0.15) is 18.5 Å². The van der Waals surface area contributed by atoms with Crippen LogP contribution in [0.3, 0.4) is 0 Å². The first-order chi connectivity index (χ1) is 9.56. The molecule has 2 amide bonds. The second-order valence-electron chi connectivity index (χ2n) is 4.45. The molecule has 0 saturated carbocycles. The van der Waals surface area contributed by atoms with E-state index in [4.69, 9.17) is 5.73 Å². The predicted octanol–water partition coefficient (Wildman–Crippen LogP) is 4.11. The van der Waals surface area contributed by atoms with Crippen LogP contribution in [0.5, 0.6) is 0 Å². The minimum atomic E-state index is -0.563. The fraction of sp³-hybridized carbons (Fsp3) is 0.133. The molecular weight excluding hydrogens is 318 g/mol. The van der Waals surface area contributed by atoms with Gasteiger partial charge in [-0.05, 0) is 42.8 Å². The maximum Gasteiger partial charge on any atom is 0.316 e. The Morgan fingerprint density at radius 3 is 2.30 bits per heavy atom. The lowest BCUT2D eigenvalue weighted by Crippen LogP contribution is -2.19. The highest BCUT2D eigenvalue weighted by Gasteiger charge is 2.08. The summed E-state index contributed by atoms with van der Waals surface area (Å²) >= 11 is 3.55. The van der Waals surface area contributed by atoms with Gasteiger partial charge in [-0.25, -0.2) is 4.79 Å². The van der Waals surface area contributed by atoms with Gasteiger partial charge in [-0.3, -0.25) is 0 Å². The Morgan fingerprint density at radius 1 is 1.10 bits per heavy atom. The van der Waals surface area contributed by atoms with E-state index >= 15 is 0 Å². The molecule has 0 aromatic heterocycles. The summed E-state index contributed by atoms with van der Waals surface area (Å²) in [5.41, 5.74) is 7.90. The molecule has 1 atom stereocenters. The number of urea groups is 1. The van der Waals surface area contributed by atoms with Gasteiger partial charge in [0.05, 0.1) is 0 Å². The number of hydrogen-bond acceptors (Lipinski definition) is 2. The summed E-state index contributed by atoms with van der Waals surface area (Å²) in [5, 5.41) is 5.94. The smallest absolute Gasteiger partial charge is 0.316 e. The maximum absolute atomic E-state index is 10.7. The number of halogens is 1. The molecule has 5 heteroatoms. The zero-order valence-electron chi connectivity index (χ0n) is 11.1. The first-order valence-corrected chi connectivity index (χ1v) is 7.03. The molecule has 0 aliphatic heterocycles. The molecule has 2 aromatic rings. The Labute approximate surface area is 126 Å². The van der Waals surface area contributed by atoms with E-state index in [-0.39, 0.29) is 6.04 Å². The van der Waals surface area contributed by atoms with Crippen molar-refractivity contribution < 1.29 is 4.79 Å². The van der Waals surface area contributed by atoms with Crippen LogP contribution >= 0.6 is 15.9 Å².